The number of carboxylic acid groups (broad SMARTS) is 1. The van der Waals surface area contributed by atoms with Crippen molar-refractivity contribution in [2.45, 2.75) is 11.8 Å². The smallest absolute Gasteiger partial charge is 0.339 e. The highest BCUT2D eigenvalue weighted by Crippen LogP contribution is 2.25. The quantitative estimate of drug-likeness (QED) is 0.839. The topological polar surface area (TPSA) is 101 Å². The van der Waals surface area contributed by atoms with Crippen LogP contribution in [0.1, 0.15) is 15.9 Å². The average Bonchev–Trinajstić information content (AvgIpc) is 2.37. The summed E-state index contributed by atoms with van der Waals surface area (Å²) in [5.74, 6) is -1.97. The van der Waals surface area contributed by atoms with Gasteiger partial charge in [0.05, 0.1) is 5.56 Å². The van der Waals surface area contributed by atoms with E-state index >= 15 is 0 Å². The lowest BCUT2D eigenvalue weighted by molar-refractivity contribution is 0.0696. The molecule has 2 N–H and O–H groups in total. The highest BCUT2D eigenvalue weighted by atomic mass is 32.2. The fraction of sp³-hybridized carbons (Fsp3) is 0.0714. The molecule has 110 valence electrons. The van der Waals surface area contributed by atoms with Gasteiger partial charge in [-0.1, -0.05) is 17.7 Å². The fourth-order valence-corrected chi connectivity index (χ4v) is 2.55. The fourth-order valence-electron chi connectivity index (χ4n) is 1.63. The highest BCUT2D eigenvalue weighted by Gasteiger charge is 2.18. The minimum atomic E-state index is -4.09. The summed E-state index contributed by atoms with van der Waals surface area (Å²) in [5.41, 5.74) is 0.614. The number of rotatable bonds is 4. The number of carboxylic acids is 1. The van der Waals surface area contributed by atoms with Gasteiger partial charge in [0.2, 0.25) is 0 Å². The van der Waals surface area contributed by atoms with E-state index in [0.717, 1.165) is 23.8 Å². The van der Waals surface area contributed by atoms with Crippen molar-refractivity contribution in [3.8, 4) is 11.5 Å². The molecule has 0 aromatic heterocycles. The average molecular weight is 308 g/mol. The van der Waals surface area contributed by atoms with Crippen LogP contribution in [-0.2, 0) is 10.1 Å². The molecule has 6 nitrogen and oxygen atoms in total. The third kappa shape index (κ3) is 3.51. The molecular formula is C14H12O6S. The van der Waals surface area contributed by atoms with Crippen molar-refractivity contribution in [3.63, 3.8) is 0 Å². The van der Waals surface area contributed by atoms with Gasteiger partial charge in [-0.25, -0.2) is 4.79 Å². The number of carbonyl (C=O) groups is 1. The van der Waals surface area contributed by atoms with E-state index in [0.29, 0.717) is 0 Å². The Morgan fingerprint density at radius 2 is 1.71 bits per heavy atom. The van der Waals surface area contributed by atoms with Crippen LogP contribution in [0, 0.1) is 6.92 Å². The van der Waals surface area contributed by atoms with Crippen LogP contribution in [0.4, 0.5) is 0 Å². The first-order valence-electron chi connectivity index (χ1n) is 5.86. The number of hydrogen-bond acceptors (Lipinski definition) is 5. The van der Waals surface area contributed by atoms with E-state index in [4.69, 9.17) is 9.29 Å². The Morgan fingerprint density at radius 1 is 1.10 bits per heavy atom. The molecule has 0 bridgehead atoms. The first-order valence-corrected chi connectivity index (χ1v) is 7.27. The largest absolute Gasteiger partial charge is 0.508 e. The van der Waals surface area contributed by atoms with Crippen molar-refractivity contribution in [1.29, 1.82) is 0 Å². The number of phenolic OH excluding ortho intramolecular Hbond substituents is 1. The molecule has 0 amide bonds. The lowest BCUT2D eigenvalue weighted by Gasteiger charge is -2.08. The van der Waals surface area contributed by atoms with E-state index in [1.807, 2.05) is 6.92 Å². The Bertz CT molecular complexity index is 778. The standard InChI is InChI=1S/C14H12O6S/c1-9-2-4-13(5-3-9)21(18,19)20-12-7-10(14(16)17)6-11(15)8-12/h2-8,15H,1H3,(H,16,17). The SMILES string of the molecule is Cc1ccc(S(=O)(=O)Oc2cc(O)cc(C(=O)O)c2)cc1. The van der Waals surface area contributed by atoms with Crippen molar-refractivity contribution in [2.24, 2.45) is 0 Å². The Hall–Kier alpha value is -2.54. The summed E-state index contributed by atoms with van der Waals surface area (Å²) in [6.45, 7) is 1.81. The van der Waals surface area contributed by atoms with Gasteiger partial charge in [-0.15, -0.1) is 0 Å². The third-order valence-electron chi connectivity index (χ3n) is 2.65. The lowest BCUT2D eigenvalue weighted by Crippen LogP contribution is -2.10. The van der Waals surface area contributed by atoms with Gasteiger partial charge >= 0.3 is 16.1 Å². The minimum Gasteiger partial charge on any atom is -0.508 e. The summed E-state index contributed by atoms with van der Waals surface area (Å²) in [6.07, 6.45) is 0. The van der Waals surface area contributed by atoms with Crippen molar-refractivity contribution < 1.29 is 27.6 Å². The van der Waals surface area contributed by atoms with E-state index in [-0.39, 0.29) is 16.2 Å². The van der Waals surface area contributed by atoms with Gasteiger partial charge in [0.25, 0.3) is 0 Å². The molecule has 0 fully saturated rings. The maximum absolute atomic E-state index is 12.1. The molecule has 2 aromatic carbocycles. The number of aryl methyl sites for hydroxylation is 1. The zero-order valence-corrected chi connectivity index (χ0v) is 11.8. The summed E-state index contributed by atoms with van der Waals surface area (Å²) in [6, 6.07) is 9.03. The van der Waals surface area contributed by atoms with Gasteiger partial charge in [0.15, 0.2) is 0 Å². The van der Waals surface area contributed by atoms with Gasteiger partial charge in [0, 0.05) is 6.07 Å². The molecule has 0 atom stereocenters. The zero-order valence-electron chi connectivity index (χ0n) is 11.0. The molecule has 0 unspecified atom stereocenters. The van der Waals surface area contributed by atoms with Crippen molar-refractivity contribution >= 4 is 16.1 Å². The van der Waals surface area contributed by atoms with Crippen LogP contribution in [0.25, 0.3) is 0 Å². The van der Waals surface area contributed by atoms with E-state index in [1.165, 1.54) is 12.1 Å². The van der Waals surface area contributed by atoms with Crippen molar-refractivity contribution in [3.05, 3.63) is 53.6 Å². The van der Waals surface area contributed by atoms with Gasteiger partial charge in [0.1, 0.15) is 16.4 Å². The van der Waals surface area contributed by atoms with E-state index in [2.05, 4.69) is 0 Å². The molecule has 0 radical (unpaired) electrons. The number of aromatic hydroxyl groups is 1. The van der Waals surface area contributed by atoms with Gasteiger partial charge in [-0.05, 0) is 31.2 Å². The summed E-state index contributed by atoms with van der Waals surface area (Å²) in [5, 5.41) is 18.3. The third-order valence-corrected chi connectivity index (χ3v) is 3.92. The summed E-state index contributed by atoms with van der Waals surface area (Å²) < 4.78 is 29.0. The molecule has 0 spiro atoms. The van der Waals surface area contributed by atoms with Crippen LogP contribution < -0.4 is 4.18 Å². The Balaban J connectivity index is 2.36. The molecule has 2 rings (SSSR count). The number of aromatic carboxylic acids is 1. The molecule has 0 aliphatic heterocycles. The minimum absolute atomic E-state index is 0.0617. The summed E-state index contributed by atoms with van der Waals surface area (Å²) in [7, 11) is -4.09. The normalized spacial score (nSPS) is 11.1. The zero-order chi connectivity index (χ0) is 15.6. The van der Waals surface area contributed by atoms with Crippen LogP contribution in [-0.4, -0.2) is 24.6 Å². The molecule has 0 saturated heterocycles. The summed E-state index contributed by atoms with van der Waals surface area (Å²) in [4.78, 5) is 10.8. The molecule has 2 aromatic rings. The summed E-state index contributed by atoms with van der Waals surface area (Å²) >= 11 is 0. The highest BCUT2D eigenvalue weighted by molar-refractivity contribution is 7.87. The maximum atomic E-state index is 12.1. The predicted octanol–water partition coefficient (Wildman–Crippen LogP) is 2.17. The van der Waals surface area contributed by atoms with Crippen LogP contribution >= 0.6 is 0 Å². The molecule has 7 heteroatoms. The predicted molar refractivity (Wildman–Crippen MR) is 74.1 cm³/mol. The van der Waals surface area contributed by atoms with E-state index < -0.39 is 21.8 Å². The molecular weight excluding hydrogens is 296 g/mol. The second-order valence-electron chi connectivity index (χ2n) is 4.37. The van der Waals surface area contributed by atoms with Crippen LogP contribution in [0.15, 0.2) is 47.4 Å². The van der Waals surface area contributed by atoms with Crippen LogP contribution in [0.5, 0.6) is 11.5 Å². The maximum Gasteiger partial charge on any atom is 0.339 e. The van der Waals surface area contributed by atoms with Gasteiger partial charge in [-0.2, -0.15) is 8.42 Å². The Labute approximate surface area is 121 Å². The van der Waals surface area contributed by atoms with Crippen molar-refractivity contribution in [2.75, 3.05) is 0 Å². The number of benzene rings is 2. The monoisotopic (exact) mass is 308 g/mol. The molecule has 21 heavy (non-hydrogen) atoms. The molecule has 0 aliphatic rings. The van der Waals surface area contributed by atoms with Crippen molar-refractivity contribution in [1.82, 2.24) is 0 Å². The Kier molecular flexibility index (Phi) is 3.86. The Morgan fingerprint density at radius 3 is 2.29 bits per heavy atom. The molecule has 0 heterocycles. The van der Waals surface area contributed by atoms with Crippen LogP contribution in [0.3, 0.4) is 0 Å². The number of phenols is 1. The van der Waals surface area contributed by atoms with Crippen LogP contribution in [0.2, 0.25) is 0 Å². The van der Waals surface area contributed by atoms with E-state index in [9.17, 15) is 18.3 Å². The van der Waals surface area contributed by atoms with Gasteiger partial charge in [-0.3, -0.25) is 0 Å². The molecule has 0 saturated carbocycles. The first kappa shape index (κ1) is 14.9. The molecule has 0 aliphatic carbocycles. The number of hydrogen-bond donors (Lipinski definition) is 2. The second kappa shape index (κ2) is 5.45. The first-order chi connectivity index (χ1) is 9.78. The second-order valence-corrected chi connectivity index (χ2v) is 5.92. The lowest BCUT2D eigenvalue weighted by atomic mass is 10.2. The van der Waals surface area contributed by atoms with Gasteiger partial charge < -0.3 is 14.4 Å². The van der Waals surface area contributed by atoms with E-state index in [1.54, 1.807) is 12.1 Å².